The lowest BCUT2D eigenvalue weighted by molar-refractivity contribution is -0.132. The van der Waals surface area contributed by atoms with E-state index in [2.05, 4.69) is 4.98 Å². The van der Waals surface area contributed by atoms with Crippen molar-refractivity contribution >= 4 is 16.8 Å². The summed E-state index contributed by atoms with van der Waals surface area (Å²) < 4.78 is 14.5. The molecular weight excluding hydrogens is 333 g/mol. The Labute approximate surface area is 150 Å². The van der Waals surface area contributed by atoms with Crippen LogP contribution in [0.4, 0.5) is 4.39 Å². The highest BCUT2D eigenvalue weighted by Gasteiger charge is 2.17. The molecule has 0 radical (unpaired) electrons. The molecule has 3 aromatic rings. The minimum atomic E-state index is -0.307. The largest absolute Gasteiger partial charge is 0.339 e. The van der Waals surface area contributed by atoms with Gasteiger partial charge in [-0.05, 0) is 36.8 Å². The Hall–Kier alpha value is -3.02. The summed E-state index contributed by atoms with van der Waals surface area (Å²) in [4.78, 5) is 30.8. The van der Waals surface area contributed by atoms with E-state index in [9.17, 15) is 14.0 Å². The molecule has 0 N–H and O–H groups in total. The third-order valence-corrected chi connectivity index (χ3v) is 4.62. The van der Waals surface area contributed by atoms with E-state index in [4.69, 9.17) is 0 Å². The molecule has 1 aromatic heterocycles. The number of halogens is 1. The average molecular weight is 353 g/mol. The van der Waals surface area contributed by atoms with Crippen LogP contribution in [0, 0.1) is 5.82 Å². The first kappa shape index (κ1) is 17.8. The zero-order chi connectivity index (χ0) is 18.7. The molecule has 1 heterocycles. The Balaban J connectivity index is 1.69. The van der Waals surface area contributed by atoms with Crippen LogP contribution < -0.4 is 5.56 Å². The number of carbonyl (C=O) groups excluding carboxylic acids is 1. The normalized spacial score (nSPS) is 12.1. The number of rotatable bonds is 5. The van der Waals surface area contributed by atoms with Gasteiger partial charge in [-0.1, -0.05) is 24.3 Å². The summed E-state index contributed by atoms with van der Waals surface area (Å²) in [6.45, 7) is 2.14. The molecule has 0 saturated carbocycles. The zero-order valence-electron chi connectivity index (χ0n) is 14.7. The van der Waals surface area contributed by atoms with Gasteiger partial charge in [0.15, 0.2) is 0 Å². The fraction of sp³-hybridized carbons (Fsp3) is 0.250. The van der Waals surface area contributed by atoms with Crippen molar-refractivity contribution in [3.05, 3.63) is 76.6 Å². The Morgan fingerprint density at radius 1 is 1.19 bits per heavy atom. The zero-order valence-corrected chi connectivity index (χ0v) is 14.7. The molecule has 3 rings (SSSR count). The first-order chi connectivity index (χ1) is 12.5. The number of para-hydroxylation sites is 1. The topological polar surface area (TPSA) is 55.2 Å². The first-order valence-corrected chi connectivity index (χ1v) is 8.42. The van der Waals surface area contributed by atoms with Crippen LogP contribution in [0.1, 0.15) is 24.9 Å². The summed E-state index contributed by atoms with van der Waals surface area (Å²) >= 11 is 0. The number of aryl methyl sites for hydroxylation is 1. The van der Waals surface area contributed by atoms with Crippen molar-refractivity contribution in [2.45, 2.75) is 25.9 Å². The van der Waals surface area contributed by atoms with Gasteiger partial charge >= 0.3 is 0 Å². The van der Waals surface area contributed by atoms with Crippen LogP contribution in [-0.2, 0) is 11.3 Å². The van der Waals surface area contributed by atoms with E-state index in [-0.39, 0.29) is 36.3 Å². The Morgan fingerprint density at radius 2 is 1.88 bits per heavy atom. The van der Waals surface area contributed by atoms with E-state index in [1.165, 1.54) is 23.0 Å². The van der Waals surface area contributed by atoms with E-state index in [0.717, 1.165) is 5.56 Å². The lowest BCUT2D eigenvalue weighted by Crippen LogP contribution is -2.31. The van der Waals surface area contributed by atoms with Crippen molar-refractivity contribution in [2.24, 2.45) is 0 Å². The molecule has 1 unspecified atom stereocenters. The molecule has 2 aromatic carbocycles. The quantitative estimate of drug-likeness (QED) is 0.708. The SMILES string of the molecule is CC(c1ccc(F)cc1)N(C)C(=O)CCn1cnc2ccccc2c1=O. The molecule has 134 valence electrons. The number of benzene rings is 2. The third-order valence-electron chi connectivity index (χ3n) is 4.62. The minimum Gasteiger partial charge on any atom is -0.339 e. The summed E-state index contributed by atoms with van der Waals surface area (Å²) in [6.07, 6.45) is 1.66. The molecule has 26 heavy (non-hydrogen) atoms. The van der Waals surface area contributed by atoms with E-state index >= 15 is 0 Å². The summed E-state index contributed by atoms with van der Waals surface area (Å²) in [5.41, 5.74) is 1.34. The number of fused-ring (bicyclic) bond motifs is 1. The molecule has 6 heteroatoms. The van der Waals surface area contributed by atoms with Gasteiger partial charge in [0.05, 0.1) is 23.3 Å². The molecule has 1 amide bonds. The van der Waals surface area contributed by atoms with E-state index < -0.39 is 0 Å². The van der Waals surface area contributed by atoms with Crippen LogP contribution in [0.2, 0.25) is 0 Å². The summed E-state index contributed by atoms with van der Waals surface area (Å²) in [5.74, 6) is -0.403. The lowest BCUT2D eigenvalue weighted by atomic mass is 10.1. The van der Waals surface area contributed by atoms with Crippen molar-refractivity contribution in [1.82, 2.24) is 14.5 Å². The van der Waals surface area contributed by atoms with Gasteiger partial charge in [0.2, 0.25) is 5.91 Å². The highest BCUT2D eigenvalue weighted by atomic mass is 19.1. The van der Waals surface area contributed by atoms with Crippen molar-refractivity contribution < 1.29 is 9.18 Å². The molecule has 0 saturated heterocycles. The van der Waals surface area contributed by atoms with Gasteiger partial charge in [-0.2, -0.15) is 0 Å². The van der Waals surface area contributed by atoms with E-state index in [0.29, 0.717) is 10.9 Å². The van der Waals surface area contributed by atoms with Gasteiger partial charge in [-0.15, -0.1) is 0 Å². The second kappa shape index (κ2) is 7.47. The third kappa shape index (κ3) is 3.64. The number of amides is 1. The van der Waals surface area contributed by atoms with Crippen LogP contribution in [0.25, 0.3) is 10.9 Å². The molecule has 0 aliphatic rings. The summed E-state index contributed by atoms with van der Waals surface area (Å²) in [6, 6.07) is 13.0. The van der Waals surface area contributed by atoms with Gasteiger partial charge in [0, 0.05) is 20.0 Å². The molecule has 0 bridgehead atoms. The second-order valence-corrected chi connectivity index (χ2v) is 6.24. The molecule has 0 aliphatic heterocycles. The number of hydrogen-bond acceptors (Lipinski definition) is 3. The number of hydrogen-bond donors (Lipinski definition) is 0. The van der Waals surface area contributed by atoms with Crippen molar-refractivity contribution in [1.29, 1.82) is 0 Å². The monoisotopic (exact) mass is 353 g/mol. The highest BCUT2D eigenvalue weighted by molar-refractivity contribution is 5.77. The maximum absolute atomic E-state index is 13.0. The first-order valence-electron chi connectivity index (χ1n) is 8.42. The lowest BCUT2D eigenvalue weighted by Gasteiger charge is -2.25. The molecule has 0 aliphatic carbocycles. The van der Waals surface area contributed by atoms with E-state index in [1.54, 1.807) is 42.3 Å². The average Bonchev–Trinajstić information content (AvgIpc) is 2.67. The fourth-order valence-electron chi connectivity index (χ4n) is 2.84. The van der Waals surface area contributed by atoms with Crippen molar-refractivity contribution in [3.8, 4) is 0 Å². The predicted molar refractivity (Wildman–Crippen MR) is 98.2 cm³/mol. The maximum Gasteiger partial charge on any atom is 0.261 e. The van der Waals surface area contributed by atoms with Crippen LogP contribution in [-0.4, -0.2) is 27.4 Å². The van der Waals surface area contributed by atoms with Gasteiger partial charge in [0.25, 0.3) is 5.56 Å². The van der Waals surface area contributed by atoms with Crippen molar-refractivity contribution in [3.63, 3.8) is 0 Å². The Kier molecular flexibility index (Phi) is 5.11. The number of aromatic nitrogens is 2. The predicted octanol–water partition coefficient (Wildman–Crippen LogP) is 3.15. The molecular formula is C20H20FN3O2. The summed E-state index contributed by atoms with van der Waals surface area (Å²) in [7, 11) is 1.71. The highest BCUT2D eigenvalue weighted by Crippen LogP contribution is 2.19. The number of nitrogens with zero attached hydrogens (tertiary/aromatic N) is 3. The van der Waals surface area contributed by atoms with Gasteiger partial charge in [0.1, 0.15) is 5.82 Å². The molecule has 1 atom stereocenters. The van der Waals surface area contributed by atoms with Crippen LogP contribution in [0.3, 0.4) is 0 Å². The van der Waals surface area contributed by atoms with Gasteiger partial charge < -0.3 is 4.90 Å². The number of carbonyl (C=O) groups is 1. The molecule has 5 nitrogen and oxygen atoms in total. The van der Waals surface area contributed by atoms with Crippen LogP contribution >= 0.6 is 0 Å². The second-order valence-electron chi connectivity index (χ2n) is 6.24. The molecule has 0 spiro atoms. The Morgan fingerprint density at radius 3 is 2.62 bits per heavy atom. The van der Waals surface area contributed by atoms with Crippen LogP contribution in [0.15, 0.2) is 59.7 Å². The summed E-state index contributed by atoms with van der Waals surface area (Å²) in [5, 5.41) is 0.537. The van der Waals surface area contributed by atoms with Crippen molar-refractivity contribution in [2.75, 3.05) is 7.05 Å². The fourth-order valence-corrected chi connectivity index (χ4v) is 2.84. The van der Waals surface area contributed by atoms with Gasteiger partial charge in [-0.3, -0.25) is 14.2 Å². The van der Waals surface area contributed by atoms with Gasteiger partial charge in [-0.25, -0.2) is 9.37 Å². The maximum atomic E-state index is 13.0. The standard InChI is InChI=1S/C20H20FN3O2/c1-14(15-7-9-16(21)10-8-15)23(2)19(25)11-12-24-13-22-18-6-4-3-5-17(18)20(24)26/h3-10,13-14H,11-12H2,1-2H3. The minimum absolute atomic E-state index is 0.0955. The van der Waals surface area contributed by atoms with E-state index in [1.807, 2.05) is 13.0 Å². The smallest absolute Gasteiger partial charge is 0.261 e. The van der Waals surface area contributed by atoms with Crippen LogP contribution in [0.5, 0.6) is 0 Å². The molecule has 0 fully saturated rings. The Bertz CT molecular complexity index is 982.